The zero-order valence-corrected chi connectivity index (χ0v) is 12.1. The van der Waals surface area contributed by atoms with Gasteiger partial charge in [0.05, 0.1) is 5.41 Å². The Kier molecular flexibility index (Phi) is 3.42. The molecule has 3 rings (SSSR count). The second-order valence-corrected chi connectivity index (χ2v) is 6.28. The number of carbonyl (C=O) groups is 1. The largest absolute Gasteiger partial charge is 0.399 e. The molecule has 1 heterocycles. The van der Waals surface area contributed by atoms with Crippen LogP contribution in [0.4, 0.5) is 5.69 Å². The lowest BCUT2D eigenvalue weighted by atomic mass is 9.94. The standard InChI is InChI=1S/C16H23N3O/c1-19-10-2-3-14(11-19)18-15(20)16(8-9-16)12-4-6-13(17)7-5-12/h4-7,14H,2-3,8-11,17H2,1H3,(H,18,20). The van der Waals surface area contributed by atoms with Crippen molar-refractivity contribution >= 4 is 11.6 Å². The average Bonchev–Trinajstić information content (AvgIpc) is 3.21. The van der Waals surface area contributed by atoms with E-state index >= 15 is 0 Å². The molecular formula is C16H23N3O. The molecule has 1 aliphatic carbocycles. The van der Waals surface area contributed by atoms with Crippen molar-refractivity contribution in [3.63, 3.8) is 0 Å². The van der Waals surface area contributed by atoms with E-state index in [1.54, 1.807) is 0 Å². The van der Waals surface area contributed by atoms with Gasteiger partial charge in [-0.2, -0.15) is 0 Å². The average molecular weight is 273 g/mol. The van der Waals surface area contributed by atoms with Crippen molar-refractivity contribution in [3.05, 3.63) is 29.8 Å². The molecule has 1 aromatic carbocycles. The van der Waals surface area contributed by atoms with Crippen molar-refractivity contribution in [2.24, 2.45) is 0 Å². The van der Waals surface area contributed by atoms with Crippen molar-refractivity contribution in [2.75, 3.05) is 25.9 Å². The van der Waals surface area contributed by atoms with Gasteiger partial charge in [-0.3, -0.25) is 4.79 Å². The molecule has 0 radical (unpaired) electrons. The van der Waals surface area contributed by atoms with E-state index in [1.165, 1.54) is 0 Å². The van der Waals surface area contributed by atoms with Gasteiger partial charge in [0.25, 0.3) is 0 Å². The molecule has 1 amide bonds. The molecule has 1 atom stereocenters. The van der Waals surface area contributed by atoms with Crippen molar-refractivity contribution in [2.45, 2.75) is 37.1 Å². The minimum Gasteiger partial charge on any atom is -0.399 e. The summed E-state index contributed by atoms with van der Waals surface area (Å²) in [4.78, 5) is 14.9. The molecule has 4 heteroatoms. The van der Waals surface area contributed by atoms with Crippen LogP contribution in [0.3, 0.4) is 0 Å². The minimum absolute atomic E-state index is 0.197. The Morgan fingerprint density at radius 2 is 2.05 bits per heavy atom. The molecule has 1 unspecified atom stereocenters. The maximum absolute atomic E-state index is 12.6. The van der Waals surface area contributed by atoms with Crippen LogP contribution < -0.4 is 11.1 Å². The summed E-state index contributed by atoms with van der Waals surface area (Å²) in [5.41, 5.74) is 7.29. The number of nitrogens with two attached hydrogens (primary N) is 1. The van der Waals surface area contributed by atoms with Crippen LogP contribution in [0.5, 0.6) is 0 Å². The highest BCUT2D eigenvalue weighted by Gasteiger charge is 2.51. The van der Waals surface area contributed by atoms with E-state index in [0.717, 1.165) is 50.0 Å². The molecule has 2 fully saturated rings. The fraction of sp³-hybridized carbons (Fsp3) is 0.562. The zero-order chi connectivity index (χ0) is 14.2. The molecule has 0 aromatic heterocycles. The SMILES string of the molecule is CN1CCCC(NC(=O)C2(c3ccc(N)cc3)CC2)C1. The number of likely N-dealkylation sites (N-methyl/N-ethyl adjacent to an activating group) is 1. The summed E-state index contributed by atoms with van der Waals surface area (Å²) in [6.45, 7) is 2.10. The molecule has 3 N–H and O–H groups in total. The van der Waals surface area contributed by atoms with Crippen LogP contribution in [0, 0.1) is 0 Å². The summed E-state index contributed by atoms with van der Waals surface area (Å²) in [5, 5.41) is 3.25. The predicted octanol–water partition coefficient (Wildman–Crippen LogP) is 1.51. The lowest BCUT2D eigenvalue weighted by Gasteiger charge is -2.31. The Bertz CT molecular complexity index is 493. The summed E-state index contributed by atoms with van der Waals surface area (Å²) < 4.78 is 0. The van der Waals surface area contributed by atoms with Crippen LogP contribution in [-0.4, -0.2) is 37.0 Å². The third-order valence-electron chi connectivity index (χ3n) is 4.61. The van der Waals surface area contributed by atoms with Gasteiger partial charge in [0.2, 0.25) is 5.91 Å². The van der Waals surface area contributed by atoms with Crippen LogP contribution in [0.2, 0.25) is 0 Å². The Hall–Kier alpha value is -1.55. The maximum atomic E-state index is 12.6. The number of hydrogen-bond acceptors (Lipinski definition) is 3. The number of nitrogen functional groups attached to an aromatic ring is 1. The van der Waals surface area contributed by atoms with E-state index in [4.69, 9.17) is 5.73 Å². The predicted molar refractivity (Wildman–Crippen MR) is 80.4 cm³/mol. The van der Waals surface area contributed by atoms with Crippen LogP contribution in [0.25, 0.3) is 0 Å². The number of anilines is 1. The van der Waals surface area contributed by atoms with E-state index in [9.17, 15) is 4.79 Å². The highest BCUT2D eigenvalue weighted by molar-refractivity contribution is 5.91. The zero-order valence-electron chi connectivity index (χ0n) is 12.1. The normalized spacial score (nSPS) is 25.1. The third kappa shape index (κ3) is 2.52. The van der Waals surface area contributed by atoms with Gasteiger partial charge >= 0.3 is 0 Å². The monoisotopic (exact) mass is 273 g/mol. The summed E-state index contributed by atoms with van der Waals surface area (Å²) in [6, 6.07) is 8.06. The van der Waals surface area contributed by atoms with Gasteiger partial charge in [-0.1, -0.05) is 12.1 Å². The number of amides is 1. The first-order valence-corrected chi connectivity index (χ1v) is 7.46. The number of nitrogens with zero attached hydrogens (tertiary/aromatic N) is 1. The van der Waals surface area contributed by atoms with Crippen LogP contribution in [-0.2, 0) is 10.2 Å². The molecular weight excluding hydrogens is 250 g/mol. The molecule has 1 aromatic rings. The molecule has 1 aliphatic heterocycles. The molecule has 108 valence electrons. The number of nitrogens with one attached hydrogen (secondary N) is 1. The Morgan fingerprint density at radius 3 is 2.65 bits per heavy atom. The highest BCUT2D eigenvalue weighted by atomic mass is 16.2. The van der Waals surface area contributed by atoms with Crippen molar-refractivity contribution in [3.8, 4) is 0 Å². The summed E-state index contributed by atoms with van der Waals surface area (Å²) in [7, 11) is 2.12. The van der Waals surface area contributed by atoms with Crippen LogP contribution in [0.1, 0.15) is 31.2 Å². The second-order valence-electron chi connectivity index (χ2n) is 6.28. The highest BCUT2D eigenvalue weighted by Crippen LogP contribution is 2.48. The van der Waals surface area contributed by atoms with Crippen LogP contribution in [0.15, 0.2) is 24.3 Å². The number of benzene rings is 1. The fourth-order valence-corrected chi connectivity index (χ4v) is 3.18. The molecule has 0 spiro atoms. The van der Waals surface area contributed by atoms with E-state index in [0.29, 0.717) is 6.04 Å². The number of carbonyl (C=O) groups excluding carboxylic acids is 1. The number of rotatable bonds is 3. The quantitative estimate of drug-likeness (QED) is 0.821. The molecule has 1 saturated heterocycles. The molecule has 0 bridgehead atoms. The van der Waals surface area contributed by atoms with E-state index in [-0.39, 0.29) is 11.3 Å². The van der Waals surface area contributed by atoms with Gasteiger partial charge in [0.15, 0.2) is 0 Å². The van der Waals surface area contributed by atoms with Gasteiger partial charge < -0.3 is 16.0 Å². The summed E-state index contributed by atoms with van der Waals surface area (Å²) in [5.74, 6) is 0.197. The topological polar surface area (TPSA) is 58.4 Å². The smallest absolute Gasteiger partial charge is 0.230 e. The molecule has 20 heavy (non-hydrogen) atoms. The first-order chi connectivity index (χ1) is 9.60. The maximum Gasteiger partial charge on any atom is 0.230 e. The van der Waals surface area contributed by atoms with Gasteiger partial charge in [-0.25, -0.2) is 0 Å². The van der Waals surface area contributed by atoms with Gasteiger partial charge in [0, 0.05) is 18.3 Å². The van der Waals surface area contributed by atoms with E-state index in [1.807, 2.05) is 24.3 Å². The van der Waals surface area contributed by atoms with Gasteiger partial charge in [0.1, 0.15) is 0 Å². The Morgan fingerprint density at radius 1 is 1.35 bits per heavy atom. The minimum atomic E-state index is -0.288. The lowest BCUT2D eigenvalue weighted by Crippen LogP contribution is -2.49. The first kappa shape index (κ1) is 13.4. The third-order valence-corrected chi connectivity index (χ3v) is 4.61. The number of likely N-dealkylation sites (tertiary alicyclic amines) is 1. The number of hydrogen-bond donors (Lipinski definition) is 2. The summed E-state index contributed by atoms with van der Waals surface area (Å²) >= 11 is 0. The molecule has 4 nitrogen and oxygen atoms in total. The summed E-state index contributed by atoms with van der Waals surface area (Å²) in [6.07, 6.45) is 4.15. The fourth-order valence-electron chi connectivity index (χ4n) is 3.18. The van der Waals surface area contributed by atoms with Crippen molar-refractivity contribution < 1.29 is 4.79 Å². The van der Waals surface area contributed by atoms with Gasteiger partial charge in [-0.15, -0.1) is 0 Å². The number of piperidine rings is 1. The van der Waals surface area contributed by atoms with Crippen molar-refractivity contribution in [1.29, 1.82) is 0 Å². The molecule has 2 aliphatic rings. The first-order valence-electron chi connectivity index (χ1n) is 7.46. The van der Waals surface area contributed by atoms with Crippen molar-refractivity contribution in [1.82, 2.24) is 10.2 Å². The van der Waals surface area contributed by atoms with Gasteiger partial charge in [-0.05, 0) is 57.0 Å². The molecule has 1 saturated carbocycles. The van der Waals surface area contributed by atoms with E-state index in [2.05, 4.69) is 17.3 Å². The Balaban J connectivity index is 1.68. The second kappa shape index (κ2) is 5.09. The Labute approximate surface area is 120 Å². The van der Waals surface area contributed by atoms with E-state index < -0.39 is 0 Å². The van der Waals surface area contributed by atoms with Crippen LogP contribution >= 0.6 is 0 Å². The lowest BCUT2D eigenvalue weighted by molar-refractivity contribution is -0.124.